The van der Waals surface area contributed by atoms with Crippen molar-refractivity contribution in [1.82, 2.24) is 0 Å². The molecule has 3 aromatic carbocycles. The van der Waals surface area contributed by atoms with E-state index in [1.807, 2.05) is 50.2 Å². The molecule has 0 saturated carbocycles. The van der Waals surface area contributed by atoms with Crippen molar-refractivity contribution in [1.29, 1.82) is 0 Å². The molecule has 1 heterocycles. The number of carbonyl (C=O) groups is 2. The third-order valence-corrected chi connectivity index (χ3v) is 4.54. The Morgan fingerprint density at radius 3 is 2.44 bits per heavy atom. The molecule has 0 aliphatic carbocycles. The molecule has 0 fully saturated rings. The van der Waals surface area contributed by atoms with Gasteiger partial charge in [0.25, 0.3) is 5.78 Å². The molecule has 0 unspecified atom stereocenters. The third kappa shape index (κ3) is 2.79. The number of hydrogen-bond donors (Lipinski definition) is 0. The van der Waals surface area contributed by atoms with E-state index in [2.05, 4.69) is 0 Å². The van der Waals surface area contributed by atoms with Crippen molar-refractivity contribution in [3.63, 3.8) is 0 Å². The summed E-state index contributed by atoms with van der Waals surface area (Å²) in [6.45, 7) is 4.99. The lowest BCUT2D eigenvalue weighted by Gasteiger charge is -2.16. The van der Waals surface area contributed by atoms with E-state index in [0.717, 1.165) is 29.0 Å². The van der Waals surface area contributed by atoms with Crippen molar-refractivity contribution in [2.75, 3.05) is 13.2 Å². The summed E-state index contributed by atoms with van der Waals surface area (Å²) in [5.74, 6) is -0.324. The topological polar surface area (TPSA) is 61.8 Å². The number of ether oxygens (including phenoxy) is 3. The number of rotatable bonds is 6. The van der Waals surface area contributed by atoms with Crippen LogP contribution < -0.4 is 14.2 Å². The molecular formula is C22H20O5. The molecule has 0 saturated heterocycles. The number of esters is 1. The quantitative estimate of drug-likeness (QED) is 0.275. The summed E-state index contributed by atoms with van der Waals surface area (Å²) in [4.78, 5) is 24.6. The molecule has 0 spiro atoms. The van der Waals surface area contributed by atoms with E-state index in [1.165, 1.54) is 0 Å². The second-order valence-electron chi connectivity index (χ2n) is 6.52. The van der Waals surface area contributed by atoms with Crippen LogP contribution in [0.1, 0.15) is 37.0 Å². The van der Waals surface area contributed by atoms with Crippen molar-refractivity contribution >= 4 is 33.3 Å². The first-order chi connectivity index (χ1) is 13.2. The maximum Gasteiger partial charge on any atom is 0.385 e. The maximum absolute atomic E-state index is 12.6. The number of Topliss-reactive ketones (excluding diaryl/α,β-unsaturated/α-hetero) is 1. The zero-order valence-corrected chi connectivity index (χ0v) is 15.3. The van der Waals surface area contributed by atoms with Gasteiger partial charge in [0, 0.05) is 10.8 Å². The molecule has 0 bridgehead atoms. The fraction of sp³-hybridized carbons (Fsp3) is 0.273. The summed E-state index contributed by atoms with van der Waals surface area (Å²) in [5, 5.41) is 3.29. The van der Waals surface area contributed by atoms with Gasteiger partial charge in [-0.1, -0.05) is 38.1 Å². The summed E-state index contributed by atoms with van der Waals surface area (Å²) in [6.07, 6.45) is 1.63. The first-order valence-corrected chi connectivity index (χ1v) is 9.20. The number of fused-ring (bicyclic) bond motifs is 4. The third-order valence-electron chi connectivity index (χ3n) is 4.54. The molecule has 27 heavy (non-hydrogen) atoms. The van der Waals surface area contributed by atoms with Crippen LogP contribution in [0.2, 0.25) is 0 Å². The van der Waals surface area contributed by atoms with Crippen LogP contribution in [0.5, 0.6) is 17.2 Å². The molecule has 0 N–H and O–H groups in total. The van der Waals surface area contributed by atoms with Gasteiger partial charge < -0.3 is 14.2 Å². The van der Waals surface area contributed by atoms with Gasteiger partial charge in [-0.3, -0.25) is 4.79 Å². The van der Waals surface area contributed by atoms with E-state index < -0.39 is 11.8 Å². The van der Waals surface area contributed by atoms with Crippen LogP contribution in [0, 0.1) is 0 Å². The number of carbonyl (C=O) groups excluding carboxylic acids is 2. The molecule has 0 radical (unpaired) electrons. The van der Waals surface area contributed by atoms with Gasteiger partial charge in [0.2, 0.25) is 0 Å². The van der Waals surface area contributed by atoms with Gasteiger partial charge in [-0.15, -0.1) is 0 Å². The molecule has 0 aromatic heterocycles. The second-order valence-corrected chi connectivity index (χ2v) is 6.52. The average Bonchev–Trinajstić information content (AvgIpc) is 2.98. The molecule has 1 aliphatic rings. The van der Waals surface area contributed by atoms with Crippen LogP contribution in [0.15, 0.2) is 36.4 Å². The average molecular weight is 364 g/mol. The molecule has 5 heteroatoms. The highest BCUT2D eigenvalue weighted by Gasteiger charge is 2.37. The molecule has 1 aliphatic heterocycles. The normalized spacial score (nSPS) is 13.1. The first-order valence-electron chi connectivity index (χ1n) is 9.20. The summed E-state index contributed by atoms with van der Waals surface area (Å²) in [5.41, 5.74) is 0.237. The molecule has 0 atom stereocenters. The zero-order chi connectivity index (χ0) is 19.0. The SMILES string of the molecule is CCCOc1cc2cc3ccccc3c(OCCC)c2c2c1OC(=O)C2=O. The summed E-state index contributed by atoms with van der Waals surface area (Å²) < 4.78 is 17.1. The van der Waals surface area contributed by atoms with Crippen LogP contribution in [0.3, 0.4) is 0 Å². The van der Waals surface area contributed by atoms with Gasteiger partial charge in [0.05, 0.1) is 18.8 Å². The second kappa shape index (κ2) is 6.91. The minimum atomic E-state index is -0.881. The van der Waals surface area contributed by atoms with Crippen molar-refractivity contribution < 1.29 is 23.8 Å². The van der Waals surface area contributed by atoms with Gasteiger partial charge in [-0.05, 0) is 35.7 Å². The number of ketones is 1. The van der Waals surface area contributed by atoms with Crippen molar-refractivity contribution in [3.05, 3.63) is 42.0 Å². The van der Waals surface area contributed by atoms with E-state index in [4.69, 9.17) is 14.2 Å². The minimum absolute atomic E-state index is 0.197. The summed E-state index contributed by atoms with van der Waals surface area (Å²) in [6, 6.07) is 11.6. The van der Waals surface area contributed by atoms with Crippen molar-refractivity contribution in [3.8, 4) is 17.2 Å². The lowest BCUT2D eigenvalue weighted by Crippen LogP contribution is -2.11. The summed E-state index contributed by atoms with van der Waals surface area (Å²) in [7, 11) is 0. The highest BCUT2D eigenvalue weighted by atomic mass is 16.6. The Labute approximate surface area is 156 Å². The van der Waals surface area contributed by atoms with Crippen molar-refractivity contribution in [2.24, 2.45) is 0 Å². The summed E-state index contributed by atoms with van der Waals surface area (Å²) >= 11 is 0. The Morgan fingerprint density at radius 1 is 0.926 bits per heavy atom. The van der Waals surface area contributed by atoms with E-state index in [-0.39, 0.29) is 11.3 Å². The van der Waals surface area contributed by atoms with Crippen LogP contribution in [-0.4, -0.2) is 25.0 Å². The highest BCUT2D eigenvalue weighted by molar-refractivity contribution is 6.47. The van der Waals surface area contributed by atoms with Crippen LogP contribution in [0.25, 0.3) is 21.5 Å². The van der Waals surface area contributed by atoms with Gasteiger partial charge >= 0.3 is 5.97 Å². The number of benzene rings is 3. The molecule has 3 aromatic rings. The Balaban J connectivity index is 2.09. The predicted molar refractivity (Wildman–Crippen MR) is 103 cm³/mol. The minimum Gasteiger partial charge on any atom is -0.492 e. The molecule has 5 nitrogen and oxygen atoms in total. The van der Waals surface area contributed by atoms with E-state index >= 15 is 0 Å². The predicted octanol–water partition coefficient (Wildman–Crippen LogP) is 4.67. The fourth-order valence-electron chi connectivity index (χ4n) is 3.38. The van der Waals surface area contributed by atoms with Gasteiger partial charge in [-0.2, -0.15) is 0 Å². The Bertz CT molecular complexity index is 1070. The maximum atomic E-state index is 12.6. The fourth-order valence-corrected chi connectivity index (χ4v) is 3.38. The molecular weight excluding hydrogens is 344 g/mol. The smallest absolute Gasteiger partial charge is 0.385 e. The monoisotopic (exact) mass is 364 g/mol. The van der Waals surface area contributed by atoms with E-state index in [1.54, 1.807) is 0 Å². The Morgan fingerprint density at radius 2 is 1.67 bits per heavy atom. The number of hydrogen-bond acceptors (Lipinski definition) is 5. The lowest BCUT2D eigenvalue weighted by atomic mass is 9.96. The first kappa shape index (κ1) is 17.3. The lowest BCUT2D eigenvalue weighted by molar-refractivity contribution is -0.128. The van der Waals surface area contributed by atoms with Crippen molar-refractivity contribution in [2.45, 2.75) is 26.7 Å². The van der Waals surface area contributed by atoms with Crippen LogP contribution >= 0.6 is 0 Å². The Kier molecular flexibility index (Phi) is 4.44. The Hall–Kier alpha value is -3.08. The molecule has 4 rings (SSSR count). The van der Waals surface area contributed by atoms with Crippen LogP contribution in [-0.2, 0) is 4.79 Å². The molecule has 138 valence electrons. The standard InChI is InChI=1S/C22H20O5/c1-3-9-25-16-12-14-11-13-7-5-6-8-15(13)20(26-10-4-2)17(14)18-19(23)22(24)27-21(16)18/h5-8,11-12H,3-4,9-10H2,1-2H3. The zero-order valence-electron chi connectivity index (χ0n) is 15.3. The van der Waals surface area contributed by atoms with Gasteiger partial charge in [-0.25, -0.2) is 4.79 Å². The van der Waals surface area contributed by atoms with Gasteiger partial charge in [0.15, 0.2) is 11.5 Å². The largest absolute Gasteiger partial charge is 0.492 e. The highest BCUT2D eigenvalue weighted by Crippen LogP contribution is 2.47. The molecule has 0 amide bonds. The van der Waals surface area contributed by atoms with E-state index in [9.17, 15) is 9.59 Å². The van der Waals surface area contributed by atoms with Crippen LogP contribution in [0.4, 0.5) is 0 Å². The van der Waals surface area contributed by atoms with Gasteiger partial charge in [0.1, 0.15) is 5.75 Å². The van der Waals surface area contributed by atoms with E-state index in [0.29, 0.717) is 30.1 Å².